The van der Waals surface area contributed by atoms with E-state index in [2.05, 4.69) is 6.92 Å². The maximum absolute atomic E-state index is 11.1. The first-order valence-corrected chi connectivity index (χ1v) is 8.58. The zero-order chi connectivity index (χ0) is 14.0. The average molecular weight is 280 g/mol. The Kier molecular flexibility index (Phi) is 9.68. The zero-order valence-corrected chi connectivity index (χ0v) is 12.5. The largest absolute Gasteiger partial charge is 0.392 e. The Morgan fingerprint density at radius 1 is 0.944 bits per heavy atom. The lowest BCUT2D eigenvalue weighted by molar-refractivity contribution is 0.155. The summed E-state index contributed by atoms with van der Waals surface area (Å²) in [5, 5.41) is 8.57. The van der Waals surface area contributed by atoms with Gasteiger partial charge in [0.25, 0.3) is 10.1 Å². The van der Waals surface area contributed by atoms with Gasteiger partial charge in [-0.05, 0) is 12.8 Å². The van der Waals surface area contributed by atoms with Gasteiger partial charge >= 0.3 is 0 Å². The lowest BCUT2D eigenvalue weighted by Gasteiger charge is -2.18. The molecule has 0 bridgehead atoms. The SMILES string of the molecule is CCCCCCCCCC(C(O)CC)S(=O)(=O)O. The summed E-state index contributed by atoms with van der Waals surface area (Å²) in [5.41, 5.74) is 0. The third-order valence-electron chi connectivity index (χ3n) is 3.32. The van der Waals surface area contributed by atoms with Crippen molar-refractivity contribution < 1.29 is 18.1 Å². The number of unbranched alkanes of at least 4 members (excludes halogenated alkanes) is 6. The van der Waals surface area contributed by atoms with Crippen LogP contribution in [0.4, 0.5) is 0 Å². The summed E-state index contributed by atoms with van der Waals surface area (Å²) >= 11 is 0. The van der Waals surface area contributed by atoms with Gasteiger partial charge in [-0.25, -0.2) is 0 Å². The van der Waals surface area contributed by atoms with Gasteiger partial charge in [-0.15, -0.1) is 0 Å². The molecule has 0 aliphatic heterocycles. The van der Waals surface area contributed by atoms with E-state index >= 15 is 0 Å². The van der Waals surface area contributed by atoms with Gasteiger partial charge in [-0.1, -0.05) is 58.8 Å². The van der Waals surface area contributed by atoms with Gasteiger partial charge in [0.15, 0.2) is 0 Å². The Morgan fingerprint density at radius 3 is 1.89 bits per heavy atom. The summed E-state index contributed by atoms with van der Waals surface area (Å²) in [6, 6.07) is 0. The monoisotopic (exact) mass is 280 g/mol. The van der Waals surface area contributed by atoms with Crippen LogP contribution >= 0.6 is 0 Å². The Morgan fingerprint density at radius 2 is 1.44 bits per heavy atom. The third-order valence-corrected chi connectivity index (χ3v) is 4.64. The van der Waals surface area contributed by atoms with E-state index in [0.29, 0.717) is 12.8 Å². The molecule has 18 heavy (non-hydrogen) atoms. The molecule has 0 aliphatic carbocycles. The van der Waals surface area contributed by atoms with Crippen molar-refractivity contribution in [2.24, 2.45) is 0 Å². The molecule has 0 spiro atoms. The Hall–Kier alpha value is -0.130. The van der Waals surface area contributed by atoms with E-state index in [1.54, 1.807) is 6.92 Å². The Labute approximate surface area is 112 Å². The van der Waals surface area contributed by atoms with Gasteiger partial charge in [-0.2, -0.15) is 8.42 Å². The van der Waals surface area contributed by atoms with Crippen molar-refractivity contribution in [2.75, 3.05) is 0 Å². The average Bonchev–Trinajstić information content (AvgIpc) is 2.30. The highest BCUT2D eigenvalue weighted by atomic mass is 32.2. The highest BCUT2D eigenvalue weighted by Gasteiger charge is 2.28. The summed E-state index contributed by atoms with van der Waals surface area (Å²) < 4.78 is 31.3. The van der Waals surface area contributed by atoms with Crippen LogP contribution < -0.4 is 0 Å². The second-order valence-electron chi connectivity index (χ2n) is 4.94. The molecule has 0 aromatic carbocycles. The lowest BCUT2D eigenvalue weighted by atomic mass is 10.0. The van der Waals surface area contributed by atoms with Crippen LogP contribution in [-0.2, 0) is 10.1 Å². The van der Waals surface area contributed by atoms with Crippen molar-refractivity contribution in [1.82, 2.24) is 0 Å². The molecule has 2 unspecified atom stereocenters. The van der Waals surface area contributed by atoms with Crippen LogP contribution in [0.25, 0.3) is 0 Å². The third kappa shape index (κ3) is 8.06. The van der Waals surface area contributed by atoms with Gasteiger partial charge in [0.1, 0.15) is 5.25 Å². The Balaban J connectivity index is 3.85. The van der Waals surface area contributed by atoms with Crippen molar-refractivity contribution in [1.29, 1.82) is 0 Å². The van der Waals surface area contributed by atoms with Gasteiger partial charge < -0.3 is 5.11 Å². The molecule has 110 valence electrons. The second kappa shape index (κ2) is 9.75. The summed E-state index contributed by atoms with van der Waals surface area (Å²) in [4.78, 5) is 0. The molecule has 0 fully saturated rings. The van der Waals surface area contributed by atoms with Gasteiger partial charge in [0.05, 0.1) is 6.10 Å². The smallest absolute Gasteiger partial charge is 0.270 e. The van der Waals surface area contributed by atoms with Crippen molar-refractivity contribution >= 4 is 10.1 Å². The zero-order valence-electron chi connectivity index (χ0n) is 11.6. The predicted octanol–water partition coefficient (Wildman–Crippen LogP) is 3.15. The number of rotatable bonds is 11. The first kappa shape index (κ1) is 17.9. The van der Waals surface area contributed by atoms with Crippen LogP contribution in [0.2, 0.25) is 0 Å². The van der Waals surface area contributed by atoms with Gasteiger partial charge in [0.2, 0.25) is 0 Å². The molecule has 0 aromatic rings. The van der Waals surface area contributed by atoms with Crippen LogP contribution in [0.15, 0.2) is 0 Å². The maximum Gasteiger partial charge on any atom is 0.270 e. The second-order valence-corrected chi connectivity index (χ2v) is 6.57. The molecule has 4 nitrogen and oxygen atoms in total. The normalized spacial score (nSPS) is 15.6. The number of aliphatic hydroxyl groups excluding tert-OH is 1. The van der Waals surface area contributed by atoms with Gasteiger partial charge in [0, 0.05) is 0 Å². The quantitative estimate of drug-likeness (QED) is 0.450. The highest BCUT2D eigenvalue weighted by molar-refractivity contribution is 7.86. The predicted molar refractivity (Wildman–Crippen MR) is 74.2 cm³/mol. The molecule has 0 radical (unpaired) electrons. The number of hydrogen-bond acceptors (Lipinski definition) is 3. The summed E-state index contributed by atoms with van der Waals surface area (Å²) in [7, 11) is -4.13. The molecule has 2 N–H and O–H groups in total. The highest BCUT2D eigenvalue weighted by Crippen LogP contribution is 2.17. The molecule has 5 heteroatoms. The van der Waals surface area contributed by atoms with Gasteiger partial charge in [-0.3, -0.25) is 4.55 Å². The standard InChI is InChI=1S/C13H28O4S/c1-3-5-6-7-8-9-10-11-13(12(14)4-2)18(15,16)17/h12-14H,3-11H2,1-2H3,(H,15,16,17). The molecule has 0 rings (SSSR count). The van der Waals surface area contributed by atoms with E-state index in [9.17, 15) is 13.5 Å². The summed E-state index contributed by atoms with van der Waals surface area (Å²) in [5.74, 6) is 0. The van der Waals surface area contributed by atoms with Crippen LogP contribution in [0.3, 0.4) is 0 Å². The van der Waals surface area contributed by atoms with Crippen molar-refractivity contribution in [3.8, 4) is 0 Å². The van der Waals surface area contributed by atoms with Crippen LogP contribution in [0.1, 0.15) is 71.6 Å². The van der Waals surface area contributed by atoms with E-state index < -0.39 is 21.5 Å². The first-order chi connectivity index (χ1) is 8.43. The molecule has 2 atom stereocenters. The minimum Gasteiger partial charge on any atom is -0.392 e. The van der Waals surface area contributed by atoms with Crippen molar-refractivity contribution in [3.63, 3.8) is 0 Å². The van der Waals surface area contributed by atoms with E-state index in [1.807, 2.05) is 0 Å². The van der Waals surface area contributed by atoms with E-state index in [4.69, 9.17) is 4.55 Å². The van der Waals surface area contributed by atoms with Crippen LogP contribution in [0, 0.1) is 0 Å². The van der Waals surface area contributed by atoms with E-state index in [0.717, 1.165) is 19.3 Å². The van der Waals surface area contributed by atoms with Crippen molar-refractivity contribution in [2.45, 2.75) is 83.0 Å². The lowest BCUT2D eigenvalue weighted by Crippen LogP contribution is -2.33. The molecular formula is C13H28O4S. The number of aliphatic hydroxyl groups is 1. The summed E-state index contributed by atoms with van der Waals surface area (Å²) in [6.45, 7) is 3.89. The Bertz CT molecular complexity index is 287. The minimum absolute atomic E-state index is 0.348. The minimum atomic E-state index is -4.13. The molecule has 0 aliphatic rings. The van der Waals surface area contributed by atoms with E-state index in [1.165, 1.54) is 25.7 Å². The van der Waals surface area contributed by atoms with E-state index in [-0.39, 0.29) is 0 Å². The fraction of sp³-hybridized carbons (Fsp3) is 1.00. The molecule has 0 saturated carbocycles. The topological polar surface area (TPSA) is 74.6 Å². The fourth-order valence-electron chi connectivity index (χ4n) is 2.11. The fourth-order valence-corrected chi connectivity index (χ4v) is 3.16. The van der Waals surface area contributed by atoms with Crippen molar-refractivity contribution in [3.05, 3.63) is 0 Å². The molecule has 0 aromatic heterocycles. The van der Waals surface area contributed by atoms with Crippen LogP contribution in [-0.4, -0.2) is 29.4 Å². The van der Waals surface area contributed by atoms with Crippen LogP contribution in [0.5, 0.6) is 0 Å². The molecule has 0 saturated heterocycles. The first-order valence-electron chi connectivity index (χ1n) is 7.07. The molecule has 0 amide bonds. The number of hydrogen-bond donors (Lipinski definition) is 2. The summed E-state index contributed by atoms with van der Waals surface area (Å²) in [6.07, 6.45) is 7.43. The molecular weight excluding hydrogens is 252 g/mol. The maximum atomic E-state index is 11.1. The molecule has 0 heterocycles.